The zero-order valence-corrected chi connectivity index (χ0v) is 16.5. The third kappa shape index (κ3) is 4.77. The van der Waals surface area contributed by atoms with Crippen molar-refractivity contribution in [1.82, 2.24) is 10.3 Å². The van der Waals surface area contributed by atoms with Crippen molar-refractivity contribution in [3.63, 3.8) is 0 Å². The number of nitrogens with one attached hydrogen (secondary N) is 1. The van der Waals surface area contributed by atoms with Gasteiger partial charge in [-0.25, -0.2) is 0 Å². The molecule has 1 aromatic heterocycles. The van der Waals surface area contributed by atoms with Gasteiger partial charge in [-0.15, -0.1) is 0 Å². The lowest BCUT2D eigenvalue weighted by Gasteiger charge is -2.32. The first kappa shape index (κ1) is 21.3. The Bertz CT molecular complexity index is 1120. The number of aryl methyl sites for hydroxylation is 1. The molecule has 1 N–H and O–H groups in total. The Morgan fingerprint density at radius 1 is 1.13 bits per heavy atom. The lowest BCUT2D eigenvalue weighted by atomic mass is 9.88. The second kappa shape index (κ2) is 8.15. The molecule has 0 spiro atoms. The highest BCUT2D eigenvalue weighted by Crippen LogP contribution is 2.31. The minimum Gasteiger partial charge on any atom is -0.346 e. The Labute approximate surface area is 172 Å². The smallest absolute Gasteiger partial charge is 0.346 e. The summed E-state index contributed by atoms with van der Waals surface area (Å²) in [4.78, 5) is 17.2. The van der Waals surface area contributed by atoms with Crippen molar-refractivity contribution >= 4 is 16.8 Å². The van der Waals surface area contributed by atoms with Crippen LogP contribution in [0.4, 0.5) is 13.2 Å². The maximum atomic E-state index is 13.3. The number of aromatic nitrogens is 1. The van der Waals surface area contributed by atoms with Gasteiger partial charge in [0.05, 0.1) is 28.6 Å². The molecule has 1 amide bonds. The summed E-state index contributed by atoms with van der Waals surface area (Å²) in [5.74, 6) is -0.632. The molecule has 0 saturated carbocycles. The van der Waals surface area contributed by atoms with Crippen molar-refractivity contribution in [3.8, 4) is 6.07 Å². The van der Waals surface area contributed by atoms with E-state index in [1.54, 1.807) is 55.5 Å². The molecule has 1 heterocycles. The van der Waals surface area contributed by atoms with E-state index in [1.165, 1.54) is 13.1 Å². The number of nitriles is 1. The molecule has 3 aromatic rings. The van der Waals surface area contributed by atoms with E-state index in [9.17, 15) is 23.2 Å². The van der Waals surface area contributed by atoms with Crippen molar-refractivity contribution in [2.75, 3.05) is 0 Å². The molecule has 4 nitrogen and oxygen atoms in total. The van der Waals surface area contributed by atoms with Crippen LogP contribution >= 0.6 is 0 Å². The molecule has 0 fully saturated rings. The van der Waals surface area contributed by atoms with Gasteiger partial charge in [-0.1, -0.05) is 42.5 Å². The van der Waals surface area contributed by atoms with E-state index in [4.69, 9.17) is 0 Å². The maximum Gasteiger partial charge on any atom is 0.391 e. The fraction of sp³-hybridized carbons (Fsp3) is 0.261. The lowest BCUT2D eigenvalue weighted by Crippen LogP contribution is -2.50. The molecule has 0 bridgehead atoms. The molecule has 3 rings (SSSR count). The van der Waals surface area contributed by atoms with Crippen LogP contribution in [0, 0.1) is 18.3 Å². The molecule has 1 unspecified atom stereocenters. The Kier molecular flexibility index (Phi) is 5.79. The summed E-state index contributed by atoms with van der Waals surface area (Å²) in [6, 6.07) is 15.8. The monoisotopic (exact) mass is 411 g/mol. The quantitative estimate of drug-likeness (QED) is 0.635. The van der Waals surface area contributed by atoms with Crippen LogP contribution in [0.2, 0.25) is 0 Å². The number of pyridine rings is 1. The minimum absolute atomic E-state index is 0.0255. The number of carbonyl (C=O) groups is 1. The zero-order chi connectivity index (χ0) is 21.9. The third-order valence-corrected chi connectivity index (χ3v) is 4.97. The number of halogens is 3. The van der Waals surface area contributed by atoms with Crippen LogP contribution in [0.3, 0.4) is 0 Å². The number of nitrogens with zero attached hydrogens (tertiary/aromatic N) is 2. The van der Waals surface area contributed by atoms with E-state index in [1.807, 2.05) is 6.07 Å². The molecule has 0 aliphatic carbocycles. The van der Waals surface area contributed by atoms with Crippen molar-refractivity contribution in [2.24, 2.45) is 0 Å². The summed E-state index contributed by atoms with van der Waals surface area (Å²) < 4.78 is 39.8. The van der Waals surface area contributed by atoms with Gasteiger partial charge in [0.15, 0.2) is 0 Å². The average molecular weight is 411 g/mol. The third-order valence-electron chi connectivity index (χ3n) is 4.97. The van der Waals surface area contributed by atoms with Gasteiger partial charge in [0.25, 0.3) is 5.91 Å². The lowest BCUT2D eigenvalue weighted by molar-refractivity contribution is -0.147. The Morgan fingerprint density at radius 2 is 1.83 bits per heavy atom. The normalized spacial score (nSPS) is 13.5. The van der Waals surface area contributed by atoms with E-state index >= 15 is 0 Å². The van der Waals surface area contributed by atoms with Crippen molar-refractivity contribution in [3.05, 3.63) is 77.0 Å². The number of rotatable bonds is 5. The summed E-state index contributed by atoms with van der Waals surface area (Å²) in [5, 5.41) is 12.4. The molecule has 30 heavy (non-hydrogen) atoms. The minimum atomic E-state index is -4.45. The molecule has 0 radical (unpaired) electrons. The first-order chi connectivity index (χ1) is 14.1. The number of amides is 1. The number of carbonyl (C=O) groups excluding carboxylic acids is 1. The zero-order valence-electron chi connectivity index (χ0n) is 16.5. The molecule has 0 aliphatic heterocycles. The van der Waals surface area contributed by atoms with E-state index < -0.39 is 24.0 Å². The molecule has 0 saturated heterocycles. The number of para-hydroxylation sites is 1. The van der Waals surface area contributed by atoms with Gasteiger partial charge in [-0.05, 0) is 37.5 Å². The highest BCUT2D eigenvalue weighted by atomic mass is 19.4. The van der Waals surface area contributed by atoms with Gasteiger partial charge in [-0.3, -0.25) is 9.78 Å². The van der Waals surface area contributed by atoms with Crippen molar-refractivity contribution in [1.29, 1.82) is 5.26 Å². The van der Waals surface area contributed by atoms with Gasteiger partial charge < -0.3 is 5.32 Å². The highest BCUT2D eigenvalue weighted by Gasteiger charge is 2.40. The Hall–Kier alpha value is -3.40. The van der Waals surface area contributed by atoms with E-state index in [0.29, 0.717) is 27.6 Å². The summed E-state index contributed by atoms with van der Waals surface area (Å²) in [6.45, 7) is 3.08. The fourth-order valence-electron chi connectivity index (χ4n) is 3.66. The number of alkyl halides is 3. The van der Waals surface area contributed by atoms with Gasteiger partial charge >= 0.3 is 6.18 Å². The van der Waals surface area contributed by atoms with Crippen LogP contribution in [0.15, 0.2) is 54.7 Å². The van der Waals surface area contributed by atoms with Crippen LogP contribution < -0.4 is 5.32 Å². The van der Waals surface area contributed by atoms with Crippen LogP contribution in [0.25, 0.3) is 10.9 Å². The predicted molar refractivity (Wildman–Crippen MR) is 108 cm³/mol. The first-order valence-corrected chi connectivity index (χ1v) is 9.33. The van der Waals surface area contributed by atoms with E-state index in [-0.39, 0.29) is 12.0 Å². The molecule has 154 valence electrons. The van der Waals surface area contributed by atoms with E-state index in [2.05, 4.69) is 10.3 Å². The molecular weight excluding hydrogens is 391 g/mol. The second-order valence-electron chi connectivity index (χ2n) is 7.58. The number of hydrogen-bond donors (Lipinski definition) is 1. The van der Waals surface area contributed by atoms with Gasteiger partial charge in [0.2, 0.25) is 0 Å². The van der Waals surface area contributed by atoms with Crippen LogP contribution in [-0.2, 0) is 6.42 Å². The van der Waals surface area contributed by atoms with Gasteiger partial charge in [-0.2, -0.15) is 18.4 Å². The fourth-order valence-corrected chi connectivity index (χ4v) is 3.66. The van der Waals surface area contributed by atoms with Crippen molar-refractivity contribution in [2.45, 2.75) is 38.4 Å². The predicted octanol–water partition coefficient (Wildman–Crippen LogP) is 5.10. The Balaban J connectivity index is 1.96. The van der Waals surface area contributed by atoms with Crippen LogP contribution in [0.1, 0.15) is 40.4 Å². The SMILES string of the molecule is Cc1c(C(=O)NC(C)(Cc2ccccc2)CC(F)(F)F)cnc2c(C#N)cccc12. The molecule has 2 aromatic carbocycles. The summed E-state index contributed by atoms with van der Waals surface area (Å²) in [6.07, 6.45) is -4.28. The molecule has 7 heteroatoms. The van der Waals surface area contributed by atoms with Gasteiger partial charge in [0.1, 0.15) is 6.07 Å². The maximum absolute atomic E-state index is 13.3. The topological polar surface area (TPSA) is 65.8 Å². The summed E-state index contributed by atoms with van der Waals surface area (Å²) in [7, 11) is 0. The van der Waals surface area contributed by atoms with Gasteiger partial charge in [0, 0.05) is 11.6 Å². The largest absolute Gasteiger partial charge is 0.391 e. The standard InChI is InChI=1S/C23H20F3N3O/c1-15-18-10-6-9-17(12-27)20(18)28-13-19(15)21(30)29-22(2,14-23(24,25)26)11-16-7-4-3-5-8-16/h3-10,13H,11,14H2,1-2H3,(H,29,30). The Morgan fingerprint density at radius 3 is 2.47 bits per heavy atom. The van der Waals surface area contributed by atoms with Crippen molar-refractivity contribution < 1.29 is 18.0 Å². The molecular formula is C23H20F3N3O. The average Bonchev–Trinajstić information content (AvgIpc) is 2.66. The number of hydrogen-bond acceptors (Lipinski definition) is 3. The number of fused-ring (bicyclic) bond motifs is 1. The molecule has 0 aliphatic rings. The van der Waals surface area contributed by atoms with E-state index in [0.717, 1.165) is 0 Å². The van der Waals surface area contributed by atoms with Crippen LogP contribution in [0.5, 0.6) is 0 Å². The van der Waals surface area contributed by atoms with Crippen LogP contribution in [-0.4, -0.2) is 22.6 Å². The second-order valence-corrected chi connectivity index (χ2v) is 7.58. The molecule has 1 atom stereocenters. The number of benzene rings is 2. The first-order valence-electron chi connectivity index (χ1n) is 9.33. The summed E-state index contributed by atoms with van der Waals surface area (Å²) in [5.41, 5.74) is 0.719. The highest BCUT2D eigenvalue weighted by molar-refractivity contribution is 6.01. The summed E-state index contributed by atoms with van der Waals surface area (Å²) >= 11 is 0.